The molecular weight excluding hydrogens is 392 g/mol. The van der Waals surface area contributed by atoms with E-state index in [1.165, 1.54) is 22.0 Å². The molecule has 0 spiro atoms. The Morgan fingerprint density at radius 3 is 2.63 bits per heavy atom. The summed E-state index contributed by atoms with van der Waals surface area (Å²) in [5.41, 5.74) is 5.23. The number of aryl methyl sites for hydroxylation is 2. The minimum absolute atomic E-state index is 0.0362. The smallest absolute Gasteiger partial charge is 0.251 e. The van der Waals surface area contributed by atoms with Crippen molar-refractivity contribution in [2.45, 2.75) is 26.8 Å². The van der Waals surface area contributed by atoms with Gasteiger partial charge in [-0.3, -0.25) is 4.79 Å². The Morgan fingerprint density at radius 1 is 1.00 bits per heavy atom. The van der Waals surface area contributed by atoms with E-state index in [-0.39, 0.29) is 5.56 Å². The van der Waals surface area contributed by atoms with Crippen molar-refractivity contribution in [3.8, 4) is 0 Å². The molecule has 154 valence electrons. The molecule has 0 unspecified atom stereocenters. The normalized spacial score (nSPS) is 11.1. The summed E-state index contributed by atoms with van der Waals surface area (Å²) in [4.78, 5) is 15.4. The van der Waals surface area contributed by atoms with Crippen LogP contribution in [-0.2, 0) is 13.0 Å². The van der Waals surface area contributed by atoms with Crippen LogP contribution in [0.25, 0.3) is 21.8 Å². The summed E-state index contributed by atoms with van der Waals surface area (Å²) in [6.45, 7) is 6.31. The number of hydrogen-bond acceptors (Lipinski definition) is 2. The number of aromatic nitrogens is 2. The van der Waals surface area contributed by atoms with Crippen LogP contribution in [0.1, 0.15) is 16.7 Å². The summed E-state index contributed by atoms with van der Waals surface area (Å²) >= 11 is 5.38. The molecule has 0 bridgehead atoms. The zero-order chi connectivity index (χ0) is 21.1. The van der Waals surface area contributed by atoms with Crippen molar-refractivity contribution in [3.63, 3.8) is 0 Å². The number of fused-ring (bicyclic) bond motifs is 2. The summed E-state index contributed by atoms with van der Waals surface area (Å²) < 4.78 is 2.21. The number of nitrogens with one attached hydrogen (secondary N) is 3. The Bertz CT molecular complexity index is 1270. The summed E-state index contributed by atoms with van der Waals surface area (Å²) in [7, 11) is 0. The highest BCUT2D eigenvalue weighted by atomic mass is 32.1. The Hall–Kier alpha value is -3.12. The fraction of sp³-hybridized carbons (Fsp3) is 0.250. The lowest BCUT2D eigenvalue weighted by molar-refractivity contribution is 0.686. The van der Waals surface area contributed by atoms with E-state index in [0.717, 1.165) is 29.6 Å². The molecule has 0 fully saturated rings. The van der Waals surface area contributed by atoms with E-state index in [1.807, 2.05) is 18.2 Å². The number of para-hydroxylation sites is 1. The summed E-state index contributed by atoms with van der Waals surface area (Å²) in [6, 6.07) is 16.6. The maximum atomic E-state index is 12.4. The van der Waals surface area contributed by atoms with Gasteiger partial charge in [-0.2, -0.15) is 0 Å². The molecule has 6 heteroatoms. The molecule has 0 amide bonds. The highest BCUT2D eigenvalue weighted by Gasteiger charge is 2.06. The highest BCUT2D eigenvalue weighted by molar-refractivity contribution is 7.80. The van der Waals surface area contributed by atoms with Crippen LogP contribution in [0.2, 0.25) is 0 Å². The van der Waals surface area contributed by atoms with E-state index in [4.69, 9.17) is 12.2 Å². The number of thiocarbonyl (C=S) groups is 1. The number of hydrogen-bond donors (Lipinski definition) is 3. The third kappa shape index (κ3) is 4.39. The van der Waals surface area contributed by atoms with Gasteiger partial charge in [-0.1, -0.05) is 18.2 Å². The Balaban J connectivity index is 1.28. The molecule has 0 saturated carbocycles. The molecule has 0 saturated heterocycles. The van der Waals surface area contributed by atoms with Crippen molar-refractivity contribution >= 4 is 39.1 Å². The van der Waals surface area contributed by atoms with Gasteiger partial charge in [-0.25, -0.2) is 0 Å². The lowest BCUT2D eigenvalue weighted by Gasteiger charge is -2.12. The Labute approximate surface area is 181 Å². The molecule has 0 aliphatic carbocycles. The van der Waals surface area contributed by atoms with Crippen molar-refractivity contribution in [1.29, 1.82) is 0 Å². The fourth-order valence-electron chi connectivity index (χ4n) is 3.71. The highest BCUT2D eigenvalue weighted by Crippen LogP contribution is 2.17. The number of aromatic amines is 1. The van der Waals surface area contributed by atoms with Crippen molar-refractivity contribution in [1.82, 2.24) is 20.2 Å². The third-order valence-electron chi connectivity index (χ3n) is 5.53. The second-order valence-corrected chi connectivity index (χ2v) is 8.06. The van der Waals surface area contributed by atoms with Gasteiger partial charge in [-0.15, -0.1) is 0 Å². The van der Waals surface area contributed by atoms with Crippen LogP contribution in [0.3, 0.4) is 0 Å². The van der Waals surface area contributed by atoms with Gasteiger partial charge in [0.1, 0.15) is 0 Å². The molecule has 0 aliphatic rings. The van der Waals surface area contributed by atoms with Gasteiger partial charge in [0.25, 0.3) is 5.56 Å². The van der Waals surface area contributed by atoms with Gasteiger partial charge in [0.15, 0.2) is 5.11 Å². The topological polar surface area (TPSA) is 61.9 Å². The third-order valence-corrected chi connectivity index (χ3v) is 5.82. The molecule has 4 rings (SSSR count). The Kier molecular flexibility index (Phi) is 5.86. The lowest BCUT2D eigenvalue weighted by atomic mass is 10.0. The summed E-state index contributed by atoms with van der Waals surface area (Å²) in [6.07, 6.45) is 2.71. The average Bonchev–Trinajstić information content (AvgIpc) is 3.13. The maximum Gasteiger partial charge on any atom is 0.251 e. The number of rotatable bonds is 6. The molecule has 4 aromatic rings. The van der Waals surface area contributed by atoms with Crippen LogP contribution in [0.4, 0.5) is 0 Å². The first-order valence-corrected chi connectivity index (χ1v) is 10.6. The molecule has 5 nitrogen and oxygen atoms in total. The summed E-state index contributed by atoms with van der Waals surface area (Å²) in [5.74, 6) is 0. The van der Waals surface area contributed by atoms with Crippen molar-refractivity contribution < 1.29 is 0 Å². The molecule has 2 aromatic heterocycles. The molecule has 2 heterocycles. The van der Waals surface area contributed by atoms with Gasteiger partial charge in [0.05, 0.1) is 0 Å². The summed E-state index contributed by atoms with van der Waals surface area (Å²) in [5, 5.41) is 9.35. The van der Waals surface area contributed by atoms with Crippen LogP contribution in [0, 0.1) is 13.8 Å². The lowest BCUT2D eigenvalue weighted by Crippen LogP contribution is -2.38. The van der Waals surface area contributed by atoms with E-state index in [9.17, 15) is 4.79 Å². The van der Waals surface area contributed by atoms with Crippen molar-refractivity contribution in [3.05, 3.63) is 81.8 Å². The van der Waals surface area contributed by atoms with Crippen LogP contribution < -0.4 is 16.2 Å². The monoisotopic (exact) mass is 418 g/mol. The fourth-order valence-corrected chi connectivity index (χ4v) is 3.91. The van der Waals surface area contributed by atoms with E-state index in [2.05, 4.69) is 70.6 Å². The first-order valence-electron chi connectivity index (χ1n) is 10.2. The van der Waals surface area contributed by atoms with Gasteiger partial charge in [0.2, 0.25) is 0 Å². The zero-order valence-electron chi connectivity index (χ0n) is 17.3. The van der Waals surface area contributed by atoms with Crippen LogP contribution in [0.5, 0.6) is 0 Å². The quantitative estimate of drug-likeness (QED) is 0.417. The van der Waals surface area contributed by atoms with Crippen LogP contribution in [-0.4, -0.2) is 27.8 Å². The second-order valence-electron chi connectivity index (χ2n) is 7.65. The minimum atomic E-state index is -0.0362. The van der Waals surface area contributed by atoms with Crippen LogP contribution >= 0.6 is 12.2 Å². The number of nitrogens with zero attached hydrogens (tertiary/aromatic N) is 1. The van der Waals surface area contributed by atoms with E-state index in [0.29, 0.717) is 18.1 Å². The van der Waals surface area contributed by atoms with E-state index >= 15 is 0 Å². The maximum absolute atomic E-state index is 12.4. The Morgan fingerprint density at radius 2 is 1.77 bits per heavy atom. The number of pyridine rings is 1. The molecular formula is C24H26N4OS. The van der Waals surface area contributed by atoms with Gasteiger partial charge in [0, 0.05) is 42.4 Å². The van der Waals surface area contributed by atoms with Gasteiger partial charge in [-0.05, 0) is 84.7 Å². The molecule has 0 aliphatic heterocycles. The van der Waals surface area contributed by atoms with Crippen molar-refractivity contribution in [2.24, 2.45) is 0 Å². The molecule has 2 aromatic carbocycles. The molecule has 0 atom stereocenters. The second kappa shape index (κ2) is 8.71. The number of H-pyrrole nitrogens is 1. The molecule has 30 heavy (non-hydrogen) atoms. The SMILES string of the molecule is Cc1cc2cc(CCNC(=S)NCCn3ccc4ccccc43)c(=O)[nH]c2cc1C. The predicted octanol–water partition coefficient (Wildman–Crippen LogP) is 3.81. The van der Waals surface area contributed by atoms with Crippen molar-refractivity contribution in [2.75, 3.05) is 13.1 Å². The zero-order valence-corrected chi connectivity index (χ0v) is 18.1. The van der Waals surface area contributed by atoms with E-state index < -0.39 is 0 Å². The first kappa shape index (κ1) is 20.2. The first-order chi connectivity index (χ1) is 14.5. The van der Waals surface area contributed by atoms with E-state index in [1.54, 1.807) is 0 Å². The molecule has 3 N–H and O–H groups in total. The number of benzene rings is 2. The standard InChI is InChI=1S/C24H26N4OS/c1-16-13-20-15-19(23(29)27-21(20)14-17(16)2)7-9-25-24(30)26-10-12-28-11-8-18-5-3-4-6-22(18)28/h3-6,8,11,13-15H,7,9-10,12H2,1-2H3,(H,27,29)(H2,25,26,30). The van der Waals surface area contributed by atoms with Gasteiger partial charge >= 0.3 is 0 Å². The van der Waals surface area contributed by atoms with Crippen LogP contribution in [0.15, 0.2) is 59.5 Å². The molecule has 0 radical (unpaired) electrons. The van der Waals surface area contributed by atoms with Gasteiger partial charge < -0.3 is 20.2 Å². The minimum Gasteiger partial charge on any atom is -0.362 e. The largest absolute Gasteiger partial charge is 0.362 e. The predicted molar refractivity (Wildman–Crippen MR) is 128 cm³/mol. The average molecular weight is 419 g/mol.